The number of piperidine rings is 1. The summed E-state index contributed by atoms with van der Waals surface area (Å²) in [7, 11) is 0. The summed E-state index contributed by atoms with van der Waals surface area (Å²) in [5.74, 6) is 6.66. The van der Waals surface area contributed by atoms with Crippen LogP contribution in [0, 0.1) is 0 Å². The molecule has 1 aliphatic rings. The van der Waals surface area contributed by atoms with Gasteiger partial charge >= 0.3 is 0 Å². The summed E-state index contributed by atoms with van der Waals surface area (Å²) in [6, 6.07) is 0.212. The van der Waals surface area contributed by atoms with Gasteiger partial charge < -0.3 is 16.9 Å². The van der Waals surface area contributed by atoms with Gasteiger partial charge in [-0.05, 0) is 19.4 Å². The molecule has 2 heterocycles. The molecule has 0 bridgehead atoms. The average Bonchev–Trinajstić information content (AvgIpc) is 2.49. The lowest BCUT2D eigenvalue weighted by molar-refractivity contribution is 0.392. The first-order chi connectivity index (χ1) is 6.29. The number of hydrogen-bond acceptors (Lipinski definition) is 5. The highest BCUT2D eigenvalue weighted by Gasteiger charge is 2.20. The summed E-state index contributed by atoms with van der Waals surface area (Å²) in [5, 5.41) is 11.0. The van der Waals surface area contributed by atoms with Crippen LogP contribution in [0.2, 0.25) is 0 Å². The van der Waals surface area contributed by atoms with E-state index in [2.05, 4.69) is 15.5 Å². The van der Waals surface area contributed by atoms with Crippen LogP contribution in [0.5, 0.6) is 0 Å². The van der Waals surface area contributed by atoms with Crippen LogP contribution in [-0.4, -0.2) is 21.4 Å². The number of anilines is 1. The van der Waals surface area contributed by atoms with Gasteiger partial charge in [-0.15, -0.1) is 10.2 Å². The van der Waals surface area contributed by atoms with Crippen LogP contribution in [0.25, 0.3) is 0 Å². The van der Waals surface area contributed by atoms with Gasteiger partial charge in [-0.1, -0.05) is 6.42 Å². The lowest BCUT2D eigenvalue weighted by Gasteiger charge is -2.21. The molecule has 1 atom stereocenters. The SMILES string of the molecule is Nc1nnc([C@H]2CCCCN2)n1N. The number of nitrogen functional groups attached to an aromatic ring is 2. The van der Waals surface area contributed by atoms with Gasteiger partial charge in [-0.3, -0.25) is 0 Å². The van der Waals surface area contributed by atoms with Crippen molar-refractivity contribution in [1.29, 1.82) is 0 Å². The highest BCUT2D eigenvalue weighted by molar-refractivity contribution is 5.18. The van der Waals surface area contributed by atoms with Crippen molar-refractivity contribution in [2.45, 2.75) is 25.3 Å². The molecule has 1 saturated heterocycles. The molecule has 0 aromatic carbocycles. The number of rotatable bonds is 1. The molecule has 0 spiro atoms. The largest absolute Gasteiger partial charge is 0.366 e. The molecule has 6 nitrogen and oxygen atoms in total. The molecule has 0 amide bonds. The van der Waals surface area contributed by atoms with Crippen molar-refractivity contribution < 1.29 is 0 Å². The molecule has 0 unspecified atom stereocenters. The summed E-state index contributed by atoms with van der Waals surface area (Å²) in [5.41, 5.74) is 5.48. The van der Waals surface area contributed by atoms with Crippen molar-refractivity contribution in [3.8, 4) is 0 Å². The lowest BCUT2D eigenvalue weighted by atomic mass is 10.0. The van der Waals surface area contributed by atoms with Gasteiger partial charge in [0.05, 0.1) is 6.04 Å². The molecule has 1 fully saturated rings. The smallest absolute Gasteiger partial charge is 0.240 e. The second-order valence-corrected chi connectivity index (χ2v) is 3.29. The Morgan fingerprint density at radius 3 is 2.77 bits per heavy atom. The fourth-order valence-corrected chi connectivity index (χ4v) is 1.63. The normalized spacial score (nSPS) is 23.2. The summed E-state index contributed by atoms with van der Waals surface area (Å²) in [6.45, 7) is 1.01. The van der Waals surface area contributed by atoms with Crippen molar-refractivity contribution in [3.63, 3.8) is 0 Å². The van der Waals surface area contributed by atoms with Gasteiger partial charge in [-0.2, -0.15) is 0 Å². The first-order valence-electron chi connectivity index (χ1n) is 4.48. The Hall–Kier alpha value is -1.30. The average molecular weight is 182 g/mol. The minimum atomic E-state index is 0.212. The van der Waals surface area contributed by atoms with E-state index in [1.807, 2.05) is 0 Å². The third-order valence-corrected chi connectivity index (χ3v) is 2.37. The molecule has 1 aliphatic heterocycles. The second-order valence-electron chi connectivity index (χ2n) is 3.29. The van der Waals surface area contributed by atoms with E-state index in [0.717, 1.165) is 18.8 Å². The number of hydrogen-bond donors (Lipinski definition) is 3. The summed E-state index contributed by atoms with van der Waals surface area (Å²) in [6.07, 6.45) is 3.46. The van der Waals surface area contributed by atoms with Gasteiger partial charge in [0.2, 0.25) is 5.95 Å². The van der Waals surface area contributed by atoms with E-state index in [4.69, 9.17) is 11.6 Å². The van der Waals surface area contributed by atoms with Crippen molar-refractivity contribution >= 4 is 5.95 Å². The van der Waals surface area contributed by atoms with E-state index >= 15 is 0 Å². The maximum atomic E-state index is 5.66. The Morgan fingerprint density at radius 1 is 1.38 bits per heavy atom. The molecular weight excluding hydrogens is 168 g/mol. The first-order valence-corrected chi connectivity index (χ1v) is 4.48. The monoisotopic (exact) mass is 182 g/mol. The van der Waals surface area contributed by atoms with Crippen LogP contribution in [0.1, 0.15) is 31.1 Å². The van der Waals surface area contributed by atoms with E-state index in [0.29, 0.717) is 0 Å². The third kappa shape index (κ3) is 1.44. The van der Waals surface area contributed by atoms with Gasteiger partial charge in [0, 0.05) is 0 Å². The highest BCUT2D eigenvalue weighted by atomic mass is 15.5. The molecule has 0 radical (unpaired) electrons. The van der Waals surface area contributed by atoms with E-state index in [9.17, 15) is 0 Å². The number of nitrogens with one attached hydrogen (secondary N) is 1. The molecule has 5 N–H and O–H groups in total. The van der Waals surface area contributed by atoms with E-state index in [-0.39, 0.29) is 12.0 Å². The van der Waals surface area contributed by atoms with Crippen molar-refractivity contribution in [2.75, 3.05) is 18.1 Å². The van der Waals surface area contributed by atoms with Crippen molar-refractivity contribution in [1.82, 2.24) is 20.2 Å². The number of nitrogens with two attached hydrogens (primary N) is 2. The lowest BCUT2D eigenvalue weighted by Crippen LogP contribution is -2.31. The van der Waals surface area contributed by atoms with Crippen LogP contribution in [0.3, 0.4) is 0 Å². The zero-order chi connectivity index (χ0) is 9.26. The van der Waals surface area contributed by atoms with Crippen molar-refractivity contribution in [3.05, 3.63) is 5.82 Å². The van der Waals surface area contributed by atoms with Crippen LogP contribution in [0.4, 0.5) is 5.95 Å². The highest BCUT2D eigenvalue weighted by Crippen LogP contribution is 2.20. The first kappa shape index (κ1) is 8.31. The quantitative estimate of drug-likeness (QED) is 0.503. The predicted octanol–water partition coefficient (Wildman–Crippen LogP) is -0.611. The molecule has 13 heavy (non-hydrogen) atoms. The van der Waals surface area contributed by atoms with E-state index in [1.54, 1.807) is 0 Å². The molecule has 1 aromatic heterocycles. The molecule has 0 aliphatic carbocycles. The molecule has 2 rings (SSSR count). The predicted molar refractivity (Wildman–Crippen MR) is 49.2 cm³/mol. The Labute approximate surface area is 76.3 Å². The maximum Gasteiger partial charge on any atom is 0.240 e. The van der Waals surface area contributed by atoms with Gasteiger partial charge in [0.15, 0.2) is 5.82 Å². The topological polar surface area (TPSA) is 94.8 Å². The zero-order valence-corrected chi connectivity index (χ0v) is 7.40. The fourth-order valence-electron chi connectivity index (χ4n) is 1.63. The third-order valence-electron chi connectivity index (χ3n) is 2.37. The van der Waals surface area contributed by atoms with Crippen LogP contribution >= 0.6 is 0 Å². The Bertz CT molecular complexity index is 287. The second kappa shape index (κ2) is 3.21. The van der Waals surface area contributed by atoms with Gasteiger partial charge in [0.25, 0.3) is 0 Å². The summed E-state index contributed by atoms with van der Waals surface area (Å²) in [4.78, 5) is 0. The summed E-state index contributed by atoms with van der Waals surface area (Å²) >= 11 is 0. The Kier molecular flexibility index (Phi) is 2.05. The summed E-state index contributed by atoms with van der Waals surface area (Å²) < 4.78 is 1.35. The minimum Gasteiger partial charge on any atom is -0.366 e. The molecule has 0 saturated carbocycles. The number of nitrogens with zero attached hydrogens (tertiary/aromatic N) is 3. The van der Waals surface area contributed by atoms with Crippen LogP contribution in [-0.2, 0) is 0 Å². The van der Waals surface area contributed by atoms with Crippen LogP contribution < -0.4 is 16.9 Å². The Balaban J connectivity index is 2.18. The number of aromatic nitrogens is 3. The van der Waals surface area contributed by atoms with Crippen LogP contribution in [0.15, 0.2) is 0 Å². The van der Waals surface area contributed by atoms with Gasteiger partial charge in [0.1, 0.15) is 0 Å². The zero-order valence-electron chi connectivity index (χ0n) is 7.40. The van der Waals surface area contributed by atoms with Gasteiger partial charge in [-0.25, -0.2) is 4.68 Å². The van der Waals surface area contributed by atoms with E-state index < -0.39 is 0 Å². The van der Waals surface area contributed by atoms with E-state index in [1.165, 1.54) is 17.5 Å². The molecule has 6 heteroatoms. The molecule has 1 aromatic rings. The maximum absolute atomic E-state index is 5.66. The fraction of sp³-hybridized carbons (Fsp3) is 0.714. The van der Waals surface area contributed by atoms with Crippen molar-refractivity contribution in [2.24, 2.45) is 0 Å². The molecular formula is C7H14N6. The Morgan fingerprint density at radius 2 is 2.23 bits per heavy atom. The minimum absolute atomic E-state index is 0.212. The molecule has 72 valence electrons. The standard InChI is InChI=1S/C7H14N6/c8-7-12-11-6(13(7)9)5-3-1-2-4-10-5/h5,10H,1-4,9H2,(H2,8,12)/t5-/m1/s1.